The van der Waals surface area contributed by atoms with Crippen LogP contribution in [-0.4, -0.2) is 22.9 Å². The number of pyridine rings is 1. The Morgan fingerprint density at radius 1 is 0.795 bits per heavy atom. The number of anilines is 1. The Labute approximate surface area is 226 Å². The van der Waals surface area contributed by atoms with Crippen molar-refractivity contribution < 1.29 is 14.3 Å². The average molecular weight is 517 g/mol. The zero-order valence-electron chi connectivity index (χ0n) is 21.8. The third kappa shape index (κ3) is 5.50. The fraction of sp³-hybridized carbons (Fsp3) is 0.121. The van der Waals surface area contributed by atoms with Crippen LogP contribution in [0.2, 0.25) is 0 Å². The summed E-state index contributed by atoms with van der Waals surface area (Å²) in [5, 5.41) is 0.639. The Hall–Kier alpha value is -4.97. The number of aryl methyl sites for hydroxylation is 1. The molecule has 6 nitrogen and oxygen atoms in total. The summed E-state index contributed by atoms with van der Waals surface area (Å²) in [5.74, 6) is 0.498. The van der Waals surface area contributed by atoms with E-state index < -0.39 is 17.4 Å². The summed E-state index contributed by atoms with van der Waals surface area (Å²) in [6.45, 7) is 4.20. The number of carbonyl (C=O) groups is 2. The number of hydrogen-bond donors (Lipinski definition) is 0. The molecule has 0 aliphatic heterocycles. The first kappa shape index (κ1) is 25.7. The van der Waals surface area contributed by atoms with Gasteiger partial charge in [0, 0.05) is 12.2 Å². The molecule has 5 aromatic rings. The standard InChI is InChI=1S/C33H28N2O4/c1-3-34(26-17-13-23(2)14-18-26)32(37)29-22-25-9-7-8-12-30(25)35(33(29)38)31(36)21-24-15-19-28(20-16-24)39-27-10-5-4-6-11-27/h4-20,22H,3,21H2,1-2H3. The van der Waals surface area contributed by atoms with Crippen molar-refractivity contribution in [1.82, 2.24) is 4.57 Å². The summed E-state index contributed by atoms with van der Waals surface area (Å²) >= 11 is 0. The predicted octanol–water partition coefficient (Wildman–Crippen LogP) is 6.65. The number of rotatable bonds is 7. The van der Waals surface area contributed by atoms with Gasteiger partial charge >= 0.3 is 0 Å². The minimum atomic E-state index is -0.627. The van der Waals surface area contributed by atoms with Crippen LogP contribution in [0.3, 0.4) is 0 Å². The molecule has 0 saturated carbocycles. The molecule has 0 bridgehead atoms. The van der Waals surface area contributed by atoms with Crippen molar-refractivity contribution in [3.8, 4) is 11.5 Å². The van der Waals surface area contributed by atoms with E-state index in [1.54, 1.807) is 53.4 Å². The fourth-order valence-electron chi connectivity index (χ4n) is 4.53. The quantitative estimate of drug-likeness (QED) is 0.243. The van der Waals surface area contributed by atoms with Gasteiger partial charge in [0.15, 0.2) is 0 Å². The molecule has 0 spiro atoms. The molecule has 0 fully saturated rings. The maximum absolute atomic E-state index is 13.7. The van der Waals surface area contributed by atoms with Crippen molar-refractivity contribution in [2.45, 2.75) is 20.3 Å². The molecular formula is C33H28N2O4. The number of para-hydroxylation sites is 2. The first-order valence-electron chi connectivity index (χ1n) is 12.8. The van der Waals surface area contributed by atoms with Crippen LogP contribution >= 0.6 is 0 Å². The van der Waals surface area contributed by atoms with Crippen molar-refractivity contribution in [3.63, 3.8) is 0 Å². The molecule has 39 heavy (non-hydrogen) atoms. The highest BCUT2D eigenvalue weighted by atomic mass is 16.5. The number of hydrogen-bond acceptors (Lipinski definition) is 4. The summed E-state index contributed by atoms with van der Waals surface area (Å²) in [6, 6.07) is 32.8. The van der Waals surface area contributed by atoms with E-state index in [9.17, 15) is 14.4 Å². The minimum absolute atomic E-state index is 0.0113. The SMILES string of the molecule is CCN(C(=O)c1cc2ccccc2n(C(=O)Cc2ccc(Oc3ccccc3)cc2)c1=O)c1ccc(C)cc1. The maximum Gasteiger partial charge on any atom is 0.270 e. The van der Waals surface area contributed by atoms with Gasteiger partial charge in [-0.2, -0.15) is 0 Å². The van der Waals surface area contributed by atoms with E-state index in [1.165, 1.54) is 0 Å². The lowest BCUT2D eigenvalue weighted by molar-refractivity contribution is 0.0914. The lowest BCUT2D eigenvalue weighted by Gasteiger charge is -2.22. The first-order chi connectivity index (χ1) is 18.9. The molecule has 0 unspecified atom stereocenters. The Kier molecular flexibility index (Phi) is 7.37. The molecule has 1 amide bonds. The van der Waals surface area contributed by atoms with E-state index in [-0.39, 0.29) is 12.0 Å². The lowest BCUT2D eigenvalue weighted by Crippen LogP contribution is -2.38. The second kappa shape index (κ2) is 11.2. The molecule has 0 N–H and O–H groups in total. The van der Waals surface area contributed by atoms with Gasteiger partial charge < -0.3 is 9.64 Å². The molecule has 1 aromatic heterocycles. The van der Waals surface area contributed by atoms with E-state index in [4.69, 9.17) is 4.74 Å². The second-order valence-corrected chi connectivity index (χ2v) is 9.27. The zero-order valence-corrected chi connectivity index (χ0v) is 21.8. The summed E-state index contributed by atoms with van der Waals surface area (Å²) in [4.78, 5) is 42.4. The van der Waals surface area contributed by atoms with Crippen LogP contribution in [0, 0.1) is 6.92 Å². The van der Waals surface area contributed by atoms with Gasteiger partial charge in [0.05, 0.1) is 11.9 Å². The van der Waals surface area contributed by atoms with E-state index >= 15 is 0 Å². The largest absolute Gasteiger partial charge is 0.457 e. The topological polar surface area (TPSA) is 68.6 Å². The molecule has 0 radical (unpaired) electrons. The summed E-state index contributed by atoms with van der Waals surface area (Å²) in [7, 11) is 0. The molecule has 4 aromatic carbocycles. The number of amides is 1. The van der Waals surface area contributed by atoms with E-state index in [0.29, 0.717) is 34.6 Å². The van der Waals surface area contributed by atoms with Crippen LogP contribution in [0.25, 0.3) is 10.9 Å². The number of carbonyl (C=O) groups excluding carboxylic acids is 2. The monoisotopic (exact) mass is 516 g/mol. The molecule has 0 aliphatic carbocycles. The van der Waals surface area contributed by atoms with Gasteiger partial charge in [-0.15, -0.1) is 0 Å². The van der Waals surface area contributed by atoms with E-state index in [2.05, 4.69) is 0 Å². The smallest absolute Gasteiger partial charge is 0.270 e. The van der Waals surface area contributed by atoms with Gasteiger partial charge in [0.2, 0.25) is 5.91 Å². The highest BCUT2D eigenvalue weighted by molar-refractivity contribution is 6.08. The predicted molar refractivity (Wildman–Crippen MR) is 154 cm³/mol. The molecule has 0 aliphatic rings. The van der Waals surface area contributed by atoms with Crippen molar-refractivity contribution in [2.75, 3.05) is 11.4 Å². The van der Waals surface area contributed by atoms with Crippen LogP contribution < -0.4 is 15.2 Å². The third-order valence-electron chi connectivity index (χ3n) is 6.56. The Bertz CT molecular complexity index is 1690. The van der Waals surface area contributed by atoms with Gasteiger partial charge in [-0.05, 0) is 73.3 Å². The fourth-order valence-corrected chi connectivity index (χ4v) is 4.53. The Balaban J connectivity index is 1.47. The molecule has 1 heterocycles. The molecule has 5 rings (SSSR count). The number of nitrogens with zero attached hydrogens (tertiary/aromatic N) is 2. The van der Waals surface area contributed by atoms with Crippen LogP contribution in [0.15, 0.2) is 114 Å². The van der Waals surface area contributed by atoms with E-state index in [0.717, 1.165) is 15.7 Å². The van der Waals surface area contributed by atoms with Crippen LogP contribution in [0.5, 0.6) is 11.5 Å². The van der Waals surface area contributed by atoms with Crippen LogP contribution in [0.4, 0.5) is 5.69 Å². The highest BCUT2D eigenvalue weighted by Gasteiger charge is 2.24. The lowest BCUT2D eigenvalue weighted by atomic mass is 10.1. The molecule has 0 saturated heterocycles. The number of ether oxygens (including phenoxy) is 1. The third-order valence-corrected chi connectivity index (χ3v) is 6.56. The van der Waals surface area contributed by atoms with Crippen molar-refractivity contribution in [1.29, 1.82) is 0 Å². The Morgan fingerprint density at radius 3 is 2.13 bits per heavy atom. The van der Waals surface area contributed by atoms with Crippen LogP contribution in [-0.2, 0) is 6.42 Å². The normalized spacial score (nSPS) is 10.8. The van der Waals surface area contributed by atoms with Gasteiger partial charge in [0.1, 0.15) is 17.1 Å². The second-order valence-electron chi connectivity index (χ2n) is 9.27. The number of benzene rings is 4. The van der Waals surface area contributed by atoms with E-state index in [1.807, 2.05) is 74.5 Å². The number of fused-ring (bicyclic) bond motifs is 1. The number of aromatic nitrogens is 1. The summed E-state index contributed by atoms with van der Waals surface area (Å²) in [6.07, 6.45) is -0.0113. The molecule has 0 atom stereocenters. The van der Waals surface area contributed by atoms with Crippen molar-refractivity contribution >= 4 is 28.4 Å². The van der Waals surface area contributed by atoms with Gasteiger partial charge in [-0.1, -0.05) is 66.2 Å². The molecule has 194 valence electrons. The van der Waals surface area contributed by atoms with Crippen molar-refractivity contribution in [3.05, 3.63) is 136 Å². The Morgan fingerprint density at radius 2 is 1.44 bits per heavy atom. The molecular weight excluding hydrogens is 488 g/mol. The minimum Gasteiger partial charge on any atom is -0.457 e. The van der Waals surface area contributed by atoms with Gasteiger partial charge in [-0.25, -0.2) is 4.57 Å². The zero-order chi connectivity index (χ0) is 27.4. The first-order valence-corrected chi connectivity index (χ1v) is 12.8. The maximum atomic E-state index is 13.7. The van der Waals surface area contributed by atoms with Gasteiger partial charge in [-0.3, -0.25) is 14.4 Å². The van der Waals surface area contributed by atoms with Crippen molar-refractivity contribution in [2.24, 2.45) is 0 Å². The average Bonchev–Trinajstić information content (AvgIpc) is 2.95. The van der Waals surface area contributed by atoms with Crippen LogP contribution in [0.1, 0.15) is 33.2 Å². The summed E-state index contributed by atoms with van der Waals surface area (Å²) in [5.41, 5.74) is 2.28. The van der Waals surface area contributed by atoms with Gasteiger partial charge in [0.25, 0.3) is 11.5 Å². The highest BCUT2D eigenvalue weighted by Crippen LogP contribution is 2.23. The molecule has 6 heteroatoms. The summed E-state index contributed by atoms with van der Waals surface area (Å²) < 4.78 is 6.96.